The van der Waals surface area contributed by atoms with Gasteiger partial charge in [0.2, 0.25) is 0 Å². The molecule has 0 saturated heterocycles. The van der Waals surface area contributed by atoms with Crippen LogP contribution in [-0.4, -0.2) is 12.1 Å². The third-order valence-electron chi connectivity index (χ3n) is 3.45. The zero-order chi connectivity index (χ0) is 14.1. The molecule has 2 aromatic rings. The molecule has 0 fully saturated rings. The summed E-state index contributed by atoms with van der Waals surface area (Å²) < 4.78 is 11.1. The first-order valence-electron chi connectivity index (χ1n) is 6.67. The highest BCUT2D eigenvalue weighted by Crippen LogP contribution is 2.29. The number of hydrogen-bond donors (Lipinski definition) is 0. The van der Waals surface area contributed by atoms with Crippen LogP contribution in [0.2, 0.25) is 0 Å². The normalized spacial score (nSPS) is 16.4. The highest BCUT2D eigenvalue weighted by atomic mass is 16.6. The van der Waals surface area contributed by atoms with Gasteiger partial charge in [0.25, 0.3) is 0 Å². The maximum Gasteiger partial charge on any atom is 0.353 e. The standard InChI is InChI=1S/C17H16O3/c1-11-7-8-14(12(2)9-11)20-17(18)16-10-13-5-3-4-6-15(13)19-16/h3-9,16H,10H2,1-2H3. The van der Waals surface area contributed by atoms with Crippen molar-refractivity contribution in [3.8, 4) is 11.5 Å². The van der Waals surface area contributed by atoms with Gasteiger partial charge in [-0.05, 0) is 37.1 Å². The molecule has 1 aliphatic rings. The number of hydrogen-bond acceptors (Lipinski definition) is 3. The number of benzene rings is 2. The molecule has 0 aromatic heterocycles. The van der Waals surface area contributed by atoms with Crippen LogP contribution >= 0.6 is 0 Å². The van der Waals surface area contributed by atoms with Gasteiger partial charge in [-0.15, -0.1) is 0 Å². The van der Waals surface area contributed by atoms with E-state index >= 15 is 0 Å². The number of fused-ring (bicyclic) bond motifs is 1. The molecule has 3 heteroatoms. The Morgan fingerprint density at radius 3 is 2.75 bits per heavy atom. The maximum absolute atomic E-state index is 12.2. The van der Waals surface area contributed by atoms with Gasteiger partial charge in [-0.3, -0.25) is 0 Å². The lowest BCUT2D eigenvalue weighted by molar-refractivity contribution is -0.141. The van der Waals surface area contributed by atoms with E-state index in [0.717, 1.165) is 22.4 Å². The summed E-state index contributed by atoms with van der Waals surface area (Å²) in [5, 5.41) is 0. The van der Waals surface area contributed by atoms with Crippen LogP contribution in [0, 0.1) is 13.8 Å². The minimum absolute atomic E-state index is 0.340. The quantitative estimate of drug-likeness (QED) is 0.619. The van der Waals surface area contributed by atoms with Crippen LogP contribution in [0.1, 0.15) is 16.7 Å². The number of ether oxygens (including phenoxy) is 2. The van der Waals surface area contributed by atoms with E-state index in [1.165, 1.54) is 0 Å². The van der Waals surface area contributed by atoms with E-state index in [4.69, 9.17) is 9.47 Å². The number of esters is 1. The fourth-order valence-electron chi connectivity index (χ4n) is 2.40. The van der Waals surface area contributed by atoms with Crippen molar-refractivity contribution in [2.45, 2.75) is 26.4 Å². The van der Waals surface area contributed by atoms with Crippen molar-refractivity contribution < 1.29 is 14.3 Å². The van der Waals surface area contributed by atoms with Crippen LogP contribution in [0.4, 0.5) is 0 Å². The smallest absolute Gasteiger partial charge is 0.353 e. The molecule has 0 spiro atoms. The molecular formula is C17H16O3. The van der Waals surface area contributed by atoms with Crippen LogP contribution in [0.25, 0.3) is 0 Å². The first-order valence-corrected chi connectivity index (χ1v) is 6.67. The van der Waals surface area contributed by atoms with E-state index in [9.17, 15) is 4.79 Å². The van der Waals surface area contributed by atoms with Gasteiger partial charge < -0.3 is 9.47 Å². The number of para-hydroxylation sites is 1. The van der Waals surface area contributed by atoms with E-state index in [-0.39, 0.29) is 5.97 Å². The predicted octanol–water partition coefficient (Wildman–Crippen LogP) is 3.21. The summed E-state index contributed by atoms with van der Waals surface area (Å²) in [6, 6.07) is 13.4. The van der Waals surface area contributed by atoms with Gasteiger partial charge in [0.1, 0.15) is 11.5 Å². The van der Waals surface area contributed by atoms with Crippen LogP contribution in [-0.2, 0) is 11.2 Å². The van der Waals surface area contributed by atoms with Crippen molar-refractivity contribution in [1.82, 2.24) is 0 Å². The number of carbonyl (C=O) groups excluding carboxylic acids is 1. The molecule has 0 bridgehead atoms. The first-order chi connectivity index (χ1) is 9.63. The lowest BCUT2D eigenvalue weighted by Gasteiger charge is -2.12. The van der Waals surface area contributed by atoms with Crippen molar-refractivity contribution in [2.24, 2.45) is 0 Å². The Bertz CT molecular complexity index is 636. The summed E-state index contributed by atoms with van der Waals surface area (Å²) >= 11 is 0. The van der Waals surface area contributed by atoms with Gasteiger partial charge in [-0.25, -0.2) is 4.79 Å². The van der Waals surface area contributed by atoms with Gasteiger partial charge >= 0.3 is 5.97 Å². The Kier molecular flexibility index (Phi) is 3.18. The Balaban J connectivity index is 1.72. The Hall–Kier alpha value is -2.29. The van der Waals surface area contributed by atoms with Crippen molar-refractivity contribution >= 4 is 5.97 Å². The largest absolute Gasteiger partial charge is 0.478 e. The molecule has 0 N–H and O–H groups in total. The SMILES string of the molecule is Cc1ccc(OC(=O)C2Cc3ccccc3O2)c(C)c1. The third-order valence-corrected chi connectivity index (χ3v) is 3.45. The lowest BCUT2D eigenvalue weighted by atomic mass is 10.1. The molecular weight excluding hydrogens is 252 g/mol. The van der Waals surface area contributed by atoms with Gasteiger partial charge in [0.15, 0.2) is 6.10 Å². The van der Waals surface area contributed by atoms with Crippen molar-refractivity contribution in [1.29, 1.82) is 0 Å². The zero-order valence-corrected chi connectivity index (χ0v) is 11.6. The zero-order valence-electron chi connectivity index (χ0n) is 11.6. The molecule has 1 aliphatic heterocycles. The second-order valence-electron chi connectivity index (χ2n) is 5.11. The number of carbonyl (C=O) groups is 1. The van der Waals surface area contributed by atoms with E-state index < -0.39 is 6.10 Å². The van der Waals surface area contributed by atoms with Crippen molar-refractivity contribution in [3.05, 3.63) is 59.2 Å². The minimum atomic E-state index is -0.548. The highest BCUT2D eigenvalue weighted by molar-refractivity contribution is 5.79. The summed E-state index contributed by atoms with van der Waals surface area (Å²) in [4.78, 5) is 12.2. The van der Waals surface area contributed by atoms with Crippen molar-refractivity contribution in [3.63, 3.8) is 0 Å². The monoisotopic (exact) mass is 268 g/mol. The molecule has 2 aromatic carbocycles. The fourth-order valence-corrected chi connectivity index (χ4v) is 2.40. The molecule has 1 heterocycles. The molecule has 0 saturated carbocycles. The van der Waals surface area contributed by atoms with E-state index in [1.54, 1.807) is 0 Å². The molecule has 1 atom stereocenters. The summed E-state index contributed by atoms with van der Waals surface area (Å²) in [5.74, 6) is 1.03. The van der Waals surface area contributed by atoms with E-state index in [0.29, 0.717) is 12.2 Å². The lowest BCUT2D eigenvalue weighted by Crippen LogP contribution is -2.29. The number of rotatable bonds is 2. The summed E-state index contributed by atoms with van der Waals surface area (Å²) in [6.45, 7) is 3.94. The second kappa shape index (κ2) is 5.00. The summed E-state index contributed by atoms with van der Waals surface area (Å²) in [5.41, 5.74) is 3.15. The molecule has 0 amide bonds. The Labute approximate surface area is 118 Å². The van der Waals surface area contributed by atoms with Crippen molar-refractivity contribution in [2.75, 3.05) is 0 Å². The Morgan fingerprint density at radius 2 is 2.00 bits per heavy atom. The predicted molar refractivity (Wildman–Crippen MR) is 76.1 cm³/mol. The topological polar surface area (TPSA) is 35.5 Å². The van der Waals surface area contributed by atoms with Crippen LogP contribution in [0.5, 0.6) is 11.5 Å². The maximum atomic E-state index is 12.2. The molecule has 102 valence electrons. The molecule has 3 nitrogen and oxygen atoms in total. The van der Waals surface area contributed by atoms with Gasteiger partial charge in [-0.1, -0.05) is 35.9 Å². The summed E-state index contributed by atoms with van der Waals surface area (Å²) in [6.07, 6.45) is 0.0213. The van der Waals surface area contributed by atoms with E-state index in [1.807, 2.05) is 56.3 Å². The molecule has 3 rings (SSSR count). The molecule has 0 radical (unpaired) electrons. The van der Waals surface area contributed by atoms with Gasteiger partial charge in [0, 0.05) is 6.42 Å². The fraction of sp³-hybridized carbons (Fsp3) is 0.235. The molecule has 0 aliphatic carbocycles. The number of aryl methyl sites for hydroxylation is 2. The van der Waals surface area contributed by atoms with Crippen LogP contribution in [0.3, 0.4) is 0 Å². The third kappa shape index (κ3) is 2.39. The van der Waals surface area contributed by atoms with Crippen LogP contribution < -0.4 is 9.47 Å². The average Bonchev–Trinajstić information content (AvgIpc) is 2.86. The first kappa shape index (κ1) is 12.7. The molecule has 1 unspecified atom stereocenters. The minimum Gasteiger partial charge on any atom is -0.478 e. The van der Waals surface area contributed by atoms with Crippen LogP contribution in [0.15, 0.2) is 42.5 Å². The Morgan fingerprint density at radius 1 is 1.20 bits per heavy atom. The average molecular weight is 268 g/mol. The molecule has 20 heavy (non-hydrogen) atoms. The highest BCUT2D eigenvalue weighted by Gasteiger charge is 2.30. The van der Waals surface area contributed by atoms with E-state index in [2.05, 4.69) is 0 Å². The summed E-state index contributed by atoms with van der Waals surface area (Å²) in [7, 11) is 0. The van der Waals surface area contributed by atoms with Gasteiger partial charge in [-0.2, -0.15) is 0 Å². The van der Waals surface area contributed by atoms with Gasteiger partial charge in [0.05, 0.1) is 0 Å². The second-order valence-corrected chi connectivity index (χ2v) is 5.11.